The predicted molar refractivity (Wildman–Crippen MR) is 186 cm³/mol. The highest BCUT2D eigenvalue weighted by molar-refractivity contribution is 7.92. The molecule has 2 atom stereocenters. The predicted octanol–water partition coefficient (Wildman–Crippen LogP) is 7.73. The van der Waals surface area contributed by atoms with Crippen LogP contribution in [-0.4, -0.2) is 43.8 Å². The van der Waals surface area contributed by atoms with Crippen molar-refractivity contribution in [2.75, 3.05) is 10.8 Å². The van der Waals surface area contributed by atoms with Crippen LogP contribution in [-0.2, 0) is 38.8 Å². The molecule has 4 rings (SSSR count). The van der Waals surface area contributed by atoms with E-state index in [1.54, 1.807) is 43.3 Å². The number of benzene rings is 4. The van der Waals surface area contributed by atoms with Crippen molar-refractivity contribution in [3.05, 3.63) is 130 Å². The van der Waals surface area contributed by atoms with Gasteiger partial charge in [0.15, 0.2) is 0 Å². The van der Waals surface area contributed by atoms with Gasteiger partial charge in [0, 0.05) is 19.0 Å². The maximum absolute atomic E-state index is 14.6. The fourth-order valence-corrected chi connectivity index (χ4v) is 6.88. The zero-order valence-electron chi connectivity index (χ0n) is 27.7. The first-order valence-corrected chi connectivity index (χ1v) is 17.6. The first kappa shape index (κ1) is 37.5. The summed E-state index contributed by atoms with van der Waals surface area (Å²) in [6.07, 6.45) is -4.18. The summed E-state index contributed by atoms with van der Waals surface area (Å²) in [6, 6.07) is 23.5. The molecule has 12 heteroatoms. The van der Waals surface area contributed by atoms with E-state index in [4.69, 9.17) is 11.6 Å². The Morgan fingerprint density at radius 3 is 2.12 bits per heavy atom. The molecule has 260 valence electrons. The Morgan fingerprint density at radius 2 is 1.51 bits per heavy atom. The molecule has 0 aliphatic heterocycles. The standard InChI is InChI=1S/C37H39ClF3N3O4S/c1-5-27(4)42-36(46)34(21-28-11-7-6-8-12-28)43(23-29-13-9-10-26(3)20-29)35(45)24-44(49(47,48)31-17-14-25(2)15-18-31)30-16-19-33(38)32(22-30)37(39,40)41/h6-20,22,27,34H,5,21,23-24H2,1-4H3,(H,42,46)/t27-,34+/m1/s1. The molecule has 0 aliphatic carbocycles. The maximum Gasteiger partial charge on any atom is 0.417 e. The van der Waals surface area contributed by atoms with Crippen molar-refractivity contribution in [1.29, 1.82) is 0 Å². The quantitative estimate of drug-likeness (QED) is 0.154. The zero-order chi connectivity index (χ0) is 35.9. The minimum atomic E-state index is -4.90. The molecule has 0 aliphatic rings. The fourth-order valence-electron chi connectivity index (χ4n) is 5.25. The van der Waals surface area contributed by atoms with Crippen molar-refractivity contribution in [1.82, 2.24) is 10.2 Å². The molecule has 0 saturated carbocycles. The number of hydrogen-bond donors (Lipinski definition) is 1. The molecule has 0 fully saturated rings. The molecule has 0 saturated heterocycles. The summed E-state index contributed by atoms with van der Waals surface area (Å²) in [6.45, 7) is 6.40. The van der Waals surface area contributed by atoms with Gasteiger partial charge in [-0.1, -0.05) is 96.4 Å². The number of nitrogens with one attached hydrogen (secondary N) is 1. The van der Waals surface area contributed by atoms with Crippen LogP contribution < -0.4 is 9.62 Å². The van der Waals surface area contributed by atoms with Crippen molar-refractivity contribution in [3.63, 3.8) is 0 Å². The number of carbonyl (C=O) groups is 2. The van der Waals surface area contributed by atoms with Crippen LogP contribution >= 0.6 is 11.6 Å². The van der Waals surface area contributed by atoms with Crippen LogP contribution in [0.3, 0.4) is 0 Å². The Bertz CT molecular complexity index is 1870. The van der Waals surface area contributed by atoms with Gasteiger partial charge in [0.1, 0.15) is 12.6 Å². The van der Waals surface area contributed by atoms with Gasteiger partial charge in [0.2, 0.25) is 11.8 Å². The number of sulfonamides is 1. The van der Waals surface area contributed by atoms with E-state index in [0.717, 1.165) is 28.8 Å². The molecule has 2 amide bonds. The number of rotatable bonds is 13. The van der Waals surface area contributed by atoms with E-state index in [2.05, 4.69) is 5.32 Å². The van der Waals surface area contributed by atoms with E-state index in [9.17, 15) is 31.2 Å². The van der Waals surface area contributed by atoms with E-state index < -0.39 is 56.9 Å². The van der Waals surface area contributed by atoms with Gasteiger partial charge in [-0.05, 0) is 68.7 Å². The van der Waals surface area contributed by atoms with E-state index in [-0.39, 0.29) is 23.9 Å². The van der Waals surface area contributed by atoms with Gasteiger partial charge in [-0.2, -0.15) is 13.2 Å². The van der Waals surface area contributed by atoms with Crippen LogP contribution in [0.25, 0.3) is 0 Å². The fraction of sp³-hybridized carbons (Fsp3) is 0.297. The highest BCUT2D eigenvalue weighted by atomic mass is 35.5. The molecule has 0 radical (unpaired) electrons. The lowest BCUT2D eigenvalue weighted by atomic mass is 10.0. The number of halogens is 4. The number of carbonyl (C=O) groups excluding carboxylic acids is 2. The van der Waals surface area contributed by atoms with Crippen molar-refractivity contribution < 1.29 is 31.2 Å². The van der Waals surface area contributed by atoms with Crippen LogP contribution in [0.1, 0.15) is 48.1 Å². The number of aryl methyl sites for hydroxylation is 2. The summed E-state index contributed by atoms with van der Waals surface area (Å²) in [7, 11) is -4.61. The Morgan fingerprint density at radius 1 is 0.857 bits per heavy atom. The Kier molecular flexibility index (Phi) is 12.2. The van der Waals surface area contributed by atoms with Gasteiger partial charge in [-0.3, -0.25) is 13.9 Å². The van der Waals surface area contributed by atoms with E-state index >= 15 is 0 Å². The third-order valence-corrected chi connectivity index (χ3v) is 10.3. The van der Waals surface area contributed by atoms with Gasteiger partial charge in [-0.25, -0.2) is 8.42 Å². The summed E-state index contributed by atoms with van der Waals surface area (Å²) >= 11 is 5.89. The van der Waals surface area contributed by atoms with Gasteiger partial charge in [-0.15, -0.1) is 0 Å². The lowest BCUT2D eigenvalue weighted by Gasteiger charge is -2.34. The molecule has 4 aromatic rings. The Hall–Kier alpha value is -4.35. The Labute approximate surface area is 290 Å². The van der Waals surface area contributed by atoms with E-state index in [1.807, 2.05) is 51.1 Å². The number of amides is 2. The molecule has 0 heterocycles. The van der Waals surface area contributed by atoms with Crippen molar-refractivity contribution in [3.8, 4) is 0 Å². The second kappa shape index (κ2) is 15.9. The van der Waals surface area contributed by atoms with Crippen LogP contribution in [0.15, 0.2) is 102 Å². The monoisotopic (exact) mass is 713 g/mol. The van der Waals surface area contributed by atoms with Crippen molar-refractivity contribution in [2.24, 2.45) is 0 Å². The molecule has 0 spiro atoms. The SMILES string of the molecule is CC[C@@H](C)NC(=O)[C@H](Cc1ccccc1)N(Cc1cccc(C)c1)C(=O)CN(c1ccc(Cl)c(C(F)(F)F)c1)S(=O)(=O)c1ccc(C)cc1. The zero-order valence-corrected chi connectivity index (χ0v) is 29.2. The normalized spacial score (nSPS) is 13.0. The largest absolute Gasteiger partial charge is 0.417 e. The molecule has 49 heavy (non-hydrogen) atoms. The van der Waals surface area contributed by atoms with Gasteiger partial charge in [0.05, 0.1) is 21.2 Å². The summed E-state index contributed by atoms with van der Waals surface area (Å²) in [5, 5.41) is 2.33. The number of nitrogens with zero attached hydrogens (tertiary/aromatic N) is 2. The third-order valence-electron chi connectivity index (χ3n) is 8.14. The summed E-state index contributed by atoms with van der Waals surface area (Å²) in [4.78, 5) is 29.6. The van der Waals surface area contributed by atoms with Crippen LogP contribution in [0.5, 0.6) is 0 Å². The van der Waals surface area contributed by atoms with Crippen LogP contribution in [0.2, 0.25) is 5.02 Å². The average Bonchev–Trinajstić information content (AvgIpc) is 3.05. The lowest BCUT2D eigenvalue weighted by molar-refractivity contribution is -0.140. The molecule has 7 nitrogen and oxygen atoms in total. The van der Waals surface area contributed by atoms with Gasteiger partial charge >= 0.3 is 6.18 Å². The van der Waals surface area contributed by atoms with Crippen LogP contribution in [0, 0.1) is 13.8 Å². The highest BCUT2D eigenvalue weighted by Crippen LogP contribution is 2.38. The maximum atomic E-state index is 14.6. The lowest BCUT2D eigenvalue weighted by Crippen LogP contribution is -2.54. The molecular weight excluding hydrogens is 675 g/mol. The Balaban J connectivity index is 1.87. The highest BCUT2D eigenvalue weighted by Gasteiger charge is 2.38. The first-order chi connectivity index (χ1) is 23.1. The second-order valence-electron chi connectivity index (χ2n) is 12.0. The minimum Gasteiger partial charge on any atom is -0.352 e. The molecule has 0 bridgehead atoms. The summed E-state index contributed by atoms with van der Waals surface area (Å²) < 4.78 is 71.0. The van der Waals surface area contributed by atoms with E-state index in [0.29, 0.717) is 22.4 Å². The third kappa shape index (κ3) is 9.64. The van der Waals surface area contributed by atoms with Crippen molar-refractivity contribution >= 4 is 39.1 Å². The number of hydrogen-bond acceptors (Lipinski definition) is 4. The second-order valence-corrected chi connectivity index (χ2v) is 14.3. The molecule has 0 aromatic heterocycles. The molecule has 4 aromatic carbocycles. The first-order valence-electron chi connectivity index (χ1n) is 15.8. The van der Waals surface area contributed by atoms with E-state index in [1.165, 1.54) is 17.0 Å². The smallest absolute Gasteiger partial charge is 0.352 e. The van der Waals surface area contributed by atoms with Gasteiger partial charge in [0.25, 0.3) is 10.0 Å². The summed E-state index contributed by atoms with van der Waals surface area (Å²) in [5.41, 5.74) is 1.43. The molecule has 1 N–H and O–H groups in total. The summed E-state index contributed by atoms with van der Waals surface area (Å²) in [5.74, 6) is -1.24. The van der Waals surface area contributed by atoms with Gasteiger partial charge < -0.3 is 10.2 Å². The average molecular weight is 714 g/mol. The van der Waals surface area contributed by atoms with Crippen LogP contribution in [0.4, 0.5) is 18.9 Å². The molecule has 0 unspecified atom stereocenters. The van der Waals surface area contributed by atoms with Crippen molar-refractivity contribution in [2.45, 2.75) is 70.2 Å². The topological polar surface area (TPSA) is 86.8 Å². The number of alkyl halides is 3. The molecular formula is C37H39ClF3N3O4S. The minimum absolute atomic E-state index is 0.0707. The number of anilines is 1.